The number of nitrogens with zero attached hydrogens (tertiary/aromatic N) is 2. The standard InChI is InChI=1S/C28H27FN4O5S2/c1-32(2)40(37,38)33(27-11-7-6-10-26(27)29)20-21-12-14-22(15-13-21)28(34)30-23-16-18-25(19-17-23)39(35,36)31-24-8-4-3-5-9-24/h3-19,31H,20H2,1-2H3,(H,30,34). The average Bonchev–Trinajstić information content (AvgIpc) is 2.93. The molecule has 4 aromatic carbocycles. The molecule has 2 N–H and O–H groups in total. The van der Waals surface area contributed by atoms with Crippen LogP contribution in [-0.2, 0) is 26.8 Å². The number of para-hydroxylation sites is 2. The topological polar surface area (TPSA) is 116 Å². The van der Waals surface area contributed by atoms with Gasteiger partial charge in [0, 0.05) is 31.0 Å². The Morgan fingerprint density at radius 2 is 1.35 bits per heavy atom. The van der Waals surface area contributed by atoms with Crippen LogP contribution in [0.5, 0.6) is 0 Å². The summed E-state index contributed by atoms with van der Waals surface area (Å²) in [4.78, 5) is 12.8. The van der Waals surface area contributed by atoms with Crippen molar-refractivity contribution in [3.63, 3.8) is 0 Å². The van der Waals surface area contributed by atoms with Crippen molar-refractivity contribution in [2.75, 3.05) is 28.4 Å². The Bertz CT molecular complexity index is 1700. The van der Waals surface area contributed by atoms with Crippen LogP contribution < -0.4 is 14.3 Å². The second kappa shape index (κ2) is 11.9. The zero-order chi connectivity index (χ0) is 28.9. The first-order valence-corrected chi connectivity index (χ1v) is 14.9. The van der Waals surface area contributed by atoms with E-state index >= 15 is 0 Å². The molecule has 0 heterocycles. The maximum Gasteiger partial charge on any atom is 0.303 e. The third-order valence-corrected chi connectivity index (χ3v) is 9.05. The average molecular weight is 583 g/mol. The van der Waals surface area contributed by atoms with Crippen molar-refractivity contribution in [2.24, 2.45) is 0 Å². The molecule has 0 aromatic heterocycles. The highest BCUT2D eigenvalue weighted by molar-refractivity contribution is 7.92. The molecule has 0 aliphatic heterocycles. The van der Waals surface area contributed by atoms with E-state index in [0.717, 1.165) is 8.61 Å². The number of benzene rings is 4. The van der Waals surface area contributed by atoms with Crippen molar-refractivity contribution in [3.05, 3.63) is 120 Å². The Balaban J connectivity index is 1.45. The fraction of sp³-hybridized carbons (Fsp3) is 0.107. The second-order valence-corrected chi connectivity index (χ2v) is 12.6. The van der Waals surface area contributed by atoms with Gasteiger partial charge < -0.3 is 5.32 Å². The van der Waals surface area contributed by atoms with Crippen LogP contribution in [-0.4, -0.2) is 41.1 Å². The summed E-state index contributed by atoms with van der Waals surface area (Å²) in [5.74, 6) is -1.13. The first kappa shape index (κ1) is 28.7. The van der Waals surface area contributed by atoms with Gasteiger partial charge in [0.15, 0.2) is 0 Å². The Morgan fingerprint density at radius 1 is 0.750 bits per heavy atom. The molecule has 0 saturated carbocycles. The van der Waals surface area contributed by atoms with E-state index in [0.29, 0.717) is 22.5 Å². The summed E-state index contributed by atoms with van der Waals surface area (Å²) in [6.45, 7) is -0.156. The van der Waals surface area contributed by atoms with Crippen LogP contribution in [0.15, 0.2) is 108 Å². The largest absolute Gasteiger partial charge is 0.322 e. The van der Waals surface area contributed by atoms with E-state index in [-0.39, 0.29) is 17.1 Å². The molecule has 0 saturated heterocycles. The molecule has 12 heteroatoms. The molecular formula is C28H27FN4O5S2. The van der Waals surface area contributed by atoms with Crippen molar-refractivity contribution in [2.45, 2.75) is 11.4 Å². The van der Waals surface area contributed by atoms with Crippen LogP contribution >= 0.6 is 0 Å². The van der Waals surface area contributed by atoms with Crippen molar-refractivity contribution < 1.29 is 26.0 Å². The Kier molecular flexibility index (Phi) is 8.52. The van der Waals surface area contributed by atoms with Crippen LogP contribution in [0, 0.1) is 5.82 Å². The molecule has 4 aromatic rings. The fourth-order valence-electron chi connectivity index (χ4n) is 3.71. The molecule has 0 aliphatic rings. The molecule has 0 atom stereocenters. The third kappa shape index (κ3) is 6.65. The number of carbonyl (C=O) groups excluding carboxylic acids is 1. The minimum Gasteiger partial charge on any atom is -0.322 e. The summed E-state index contributed by atoms with van der Waals surface area (Å²) in [5, 5.41) is 2.70. The zero-order valence-corrected chi connectivity index (χ0v) is 23.3. The molecule has 0 spiro atoms. The highest BCUT2D eigenvalue weighted by Gasteiger charge is 2.27. The minimum atomic E-state index is -4.01. The van der Waals surface area contributed by atoms with Crippen molar-refractivity contribution in [3.8, 4) is 0 Å². The fourth-order valence-corrected chi connectivity index (χ4v) is 5.87. The van der Waals surface area contributed by atoms with E-state index in [9.17, 15) is 26.0 Å². The molecule has 0 unspecified atom stereocenters. The van der Waals surface area contributed by atoms with E-state index in [1.54, 1.807) is 48.5 Å². The number of amides is 1. The van der Waals surface area contributed by atoms with Gasteiger partial charge in [-0.15, -0.1) is 0 Å². The summed E-state index contributed by atoms with van der Waals surface area (Å²) < 4.78 is 70.0. The Labute approximate surface area is 233 Å². The van der Waals surface area contributed by atoms with Gasteiger partial charge in [0.25, 0.3) is 15.9 Å². The molecule has 4 rings (SSSR count). The predicted molar refractivity (Wildman–Crippen MR) is 153 cm³/mol. The van der Waals surface area contributed by atoms with Gasteiger partial charge in [-0.3, -0.25) is 13.8 Å². The van der Waals surface area contributed by atoms with Crippen LogP contribution in [0.25, 0.3) is 0 Å². The first-order valence-electron chi connectivity index (χ1n) is 12.0. The number of nitrogens with one attached hydrogen (secondary N) is 2. The lowest BCUT2D eigenvalue weighted by Gasteiger charge is -2.27. The summed E-state index contributed by atoms with van der Waals surface area (Å²) in [7, 11) is -5.09. The van der Waals surface area contributed by atoms with Gasteiger partial charge in [-0.1, -0.05) is 42.5 Å². The maximum atomic E-state index is 14.5. The van der Waals surface area contributed by atoms with Crippen molar-refractivity contribution >= 4 is 43.2 Å². The number of halogens is 1. The lowest BCUT2D eigenvalue weighted by molar-refractivity contribution is 0.102. The van der Waals surface area contributed by atoms with Crippen molar-refractivity contribution in [1.82, 2.24) is 4.31 Å². The smallest absolute Gasteiger partial charge is 0.303 e. The molecule has 0 bridgehead atoms. The summed E-state index contributed by atoms with van der Waals surface area (Å²) in [6, 6.07) is 26.0. The quantitative estimate of drug-likeness (QED) is 0.282. The summed E-state index contributed by atoms with van der Waals surface area (Å²) >= 11 is 0. The predicted octanol–water partition coefficient (Wildman–Crippen LogP) is 4.69. The van der Waals surface area contributed by atoms with E-state index in [2.05, 4.69) is 10.0 Å². The molecule has 0 aliphatic carbocycles. The SMILES string of the molecule is CN(C)S(=O)(=O)N(Cc1ccc(C(=O)Nc2ccc(S(=O)(=O)Nc3ccccc3)cc2)cc1)c1ccccc1F. The van der Waals surface area contributed by atoms with Crippen LogP contribution in [0.3, 0.4) is 0 Å². The molecule has 40 heavy (non-hydrogen) atoms. The highest BCUT2D eigenvalue weighted by atomic mass is 32.2. The Morgan fingerprint density at radius 3 is 1.95 bits per heavy atom. The van der Waals surface area contributed by atoms with E-state index in [1.807, 2.05) is 0 Å². The Hall–Kier alpha value is -4.26. The number of hydrogen-bond acceptors (Lipinski definition) is 5. The van der Waals surface area contributed by atoms with Gasteiger partial charge in [0.1, 0.15) is 5.82 Å². The summed E-state index contributed by atoms with van der Waals surface area (Å²) in [5.41, 5.74) is 1.54. The number of sulfonamides is 1. The normalized spacial score (nSPS) is 11.7. The lowest BCUT2D eigenvalue weighted by Crippen LogP contribution is -2.40. The zero-order valence-electron chi connectivity index (χ0n) is 21.7. The van der Waals surface area contributed by atoms with E-state index < -0.39 is 32.0 Å². The molecule has 1 amide bonds. The van der Waals surface area contributed by atoms with Gasteiger partial charge in [-0.05, 0) is 66.2 Å². The van der Waals surface area contributed by atoms with Gasteiger partial charge in [0.05, 0.1) is 17.1 Å². The number of carbonyl (C=O) groups is 1. The summed E-state index contributed by atoms with van der Waals surface area (Å²) in [6.07, 6.45) is 0. The first-order chi connectivity index (χ1) is 19.0. The maximum absolute atomic E-state index is 14.5. The van der Waals surface area contributed by atoms with Crippen LogP contribution in [0.2, 0.25) is 0 Å². The molecule has 9 nitrogen and oxygen atoms in total. The number of hydrogen-bond donors (Lipinski definition) is 2. The molecule has 0 radical (unpaired) electrons. The number of anilines is 3. The second-order valence-electron chi connectivity index (χ2n) is 8.90. The van der Waals surface area contributed by atoms with Gasteiger partial charge in [-0.2, -0.15) is 12.7 Å². The van der Waals surface area contributed by atoms with Gasteiger partial charge in [-0.25, -0.2) is 12.8 Å². The van der Waals surface area contributed by atoms with E-state index in [1.165, 1.54) is 68.7 Å². The molecule has 0 fully saturated rings. The van der Waals surface area contributed by atoms with Crippen LogP contribution in [0.4, 0.5) is 21.5 Å². The highest BCUT2D eigenvalue weighted by Crippen LogP contribution is 2.26. The number of rotatable bonds is 10. The lowest BCUT2D eigenvalue weighted by atomic mass is 10.1. The monoisotopic (exact) mass is 582 g/mol. The van der Waals surface area contributed by atoms with Crippen LogP contribution in [0.1, 0.15) is 15.9 Å². The third-order valence-electron chi connectivity index (χ3n) is 5.85. The van der Waals surface area contributed by atoms with Gasteiger partial charge >= 0.3 is 10.2 Å². The van der Waals surface area contributed by atoms with Gasteiger partial charge in [0.2, 0.25) is 0 Å². The minimum absolute atomic E-state index is 0.0331. The van der Waals surface area contributed by atoms with Crippen molar-refractivity contribution in [1.29, 1.82) is 0 Å². The van der Waals surface area contributed by atoms with E-state index in [4.69, 9.17) is 0 Å². The molecule has 208 valence electrons. The molecular weight excluding hydrogens is 555 g/mol.